The van der Waals surface area contributed by atoms with Crippen LogP contribution in [0.25, 0.3) is 0 Å². The topological polar surface area (TPSA) is 33.6 Å². The van der Waals surface area contributed by atoms with Crippen LogP contribution in [0.1, 0.15) is 19.8 Å². The summed E-state index contributed by atoms with van der Waals surface area (Å²) in [5.41, 5.74) is 0. The van der Waals surface area contributed by atoms with Crippen LogP contribution in [0.4, 0.5) is 0 Å². The molecule has 0 saturated carbocycles. The average Bonchev–Trinajstić information content (AvgIpc) is 2.86. The molecule has 3 aliphatic heterocycles. The molecule has 0 aromatic carbocycles. The highest BCUT2D eigenvalue weighted by molar-refractivity contribution is 14.1. The Labute approximate surface area is 130 Å². The Morgan fingerprint density at radius 3 is 2.21 bits per heavy atom. The largest absolute Gasteiger partial charge is 0.361 e. The highest BCUT2D eigenvalue weighted by Gasteiger charge is 2.39. The molecule has 3 saturated heterocycles. The summed E-state index contributed by atoms with van der Waals surface area (Å²) in [6.45, 7) is 10.7. The molecule has 3 fully saturated rings. The van der Waals surface area contributed by atoms with Crippen molar-refractivity contribution in [3.05, 3.63) is 0 Å². The Balaban J connectivity index is 1.43. The maximum atomic E-state index is 7.69. The Morgan fingerprint density at radius 1 is 1.11 bits per heavy atom. The fourth-order valence-corrected chi connectivity index (χ4v) is 5.01. The second kappa shape index (κ2) is 5.85. The van der Waals surface area contributed by atoms with E-state index in [-0.39, 0.29) is 0 Å². The summed E-state index contributed by atoms with van der Waals surface area (Å²) in [7, 11) is 0. The van der Waals surface area contributed by atoms with Gasteiger partial charge in [-0.25, -0.2) is 3.11 Å². The van der Waals surface area contributed by atoms with Crippen LogP contribution in [0.5, 0.6) is 0 Å². The lowest BCUT2D eigenvalue weighted by Crippen LogP contribution is -2.40. The quantitative estimate of drug-likeness (QED) is 0.346. The summed E-state index contributed by atoms with van der Waals surface area (Å²) >= 11 is 2.48. The molecule has 3 aliphatic rings. The van der Waals surface area contributed by atoms with Crippen molar-refractivity contribution in [2.75, 3.05) is 45.8 Å². The molecule has 3 heterocycles. The van der Waals surface area contributed by atoms with Gasteiger partial charge in [0.05, 0.1) is 5.84 Å². The van der Waals surface area contributed by atoms with E-state index in [4.69, 9.17) is 5.41 Å². The fourth-order valence-electron chi connectivity index (χ4n) is 4.00. The molecule has 0 aliphatic carbocycles. The van der Waals surface area contributed by atoms with Gasteiger partial charge in [0.1, 0.15) is 0 Å². The van der Waals surface area contributed by atoms with Gasteiger partial charge in [-0.3, -0.25) is 5.41 Å². The van der Waals surface area contributed by atoms with Crippen molar-refractivity contribution in [1.29, 1.82) is 5.41 Å². The number of nitrogens with zero attached hydrogens (tertiary/aromatic N) is 3. The number of likely N-dealkylation sites (tertiary alicyclic amines) is 2. The van der Waals surface area contributed by atoms with Crippen LogP contribution in [0.15, 0.2) is 0 Å². The summed E-state index contributed by atoms with van der Waals surface area (Å²) in [6, 6.07) is 0. The van der Waals surface area contributed by atoms with E-state index in [2.05, 4.69) is 35.8 Å². The van der Waals surface area contributed by atoms with Gasteiger partial charge < -0.3 is 9.80 Å². The van der Waals surface area contributed by atoms with Crippen LogP contribution in [0.2, 0.25) is 0 Å². The fraction of sp³-hybridized carbons (Fsp3) is 0.929. The molecule has 0 spiro atoms. The monoisotopic (exact) mass is 376 g/mol. The van der Waals surface area contributed by atoms with E-state index in [1.54, 1.807) is 0 Å². The first-order valence-corrected chi connectivity index (χ1v) is 8.51. The smallest absolute Gasteiger partial charge is 0.0925 e. The molecular weight excluding hydrogens is 351 g/mol. The number of rotatable bonds is 2. The summed E-state index contributed by atoms with van der Waals surface area (Å²) < 4.78 is 2.47. The van der Waals surface area contributed by atoms with E-state index < -0.39 is 0 Å². The highest BCUT2D eigenvalue weighted by atomic mass is 127. The van der Waals surface area contributed by atoms with Crippen molar-refractivity contribution in [3.63, 3.8) is 0 Å². The lowest BCUT2D eigenvalue weighted by atomic mass is 9.96. The third-order valence-electron chi connectivity index (χ3n) is 5.12. The van der Waals surface area contributed by atoms with Gasteiger partial charge in [0.15, 0.2) is 0 Å². The zero-order valence-corrected chi connectivity index (χ0v) is 14.0. The lowest BCUT2D eigenvalue weighted by Gasteiger charge is -2.34. The number of halogens is 1. The van der Waals surface area contributed by atoms with Gasteiger partial charge in [-0.15, -0.1) is 0 Å². The van der Waals surface area contributed by atoms with Crippen LogP contribution in [-0.4, -0.2) is 64.6 Å². The molecule has 3 rings (SSSR count). The SMILES string of the molecule is CC(=N)N1CCC(CN2C[C@H]3CN(I)C[C@H]3C2)CC1. The molecule has 108 valence electrons. The van der Waals surface area contributed by atoms with Crippen molar-refractivity contribution in [2.24, 2.45) is 17.8 Å². The van der Waals surface area contributed by atoms with E-state index in [9.17, 15) is 0 Å². The predicted molar refractivity (Wildman–Crippen MR) is 86.7 cm³/mol. The molecule has 0 bridgehead atoms. The first-order chi connectivity index (χ1) is 9.11. The Morgan fingerprint density at radius 2 is 1.68 bits per heavy atom. The summed E-state index contributed by atoms with van der Waals surface area (Å²) in [5, 5.41) is 7.69. The molecule has 0 unspecified atom stereocenters. The van der Waals surface area contributed by atoms with Crippen LogP contribution >= 0.6 is 22.9 Å². The molecule has 19 heavy (non-hydrogen) atoms. The molecule has 1 N–H and O–H groups in total. The number of hydrogen-bond acceptors (Lipinski definition) is 3. The highest BCUT2D eigenvalue weighted by Crippen LogP contribution is 2.33. The minimum absolute atomic E-state index is 0.747. The van der Waals surface area contributed by atoms with Gasteiger partial charge in [0.25, 0.3) is 0 Å². The first kappa shape index (κ1) is 14.1. The Kier molecular flexibility index (Phi) is 4.34. The van der Waals surface area contributed by atoms with Crippen LogP contribution in [-0.2, 0) is 0 Å². The summed E-state index contributed by atoms with van der Waals surface area (Å²) in [5.74, 6) is 3.48. The molecule has 0 aromatic rings. The van der Waals surface area contributed by atoms with Crippen molar-refractivity contribution in [3.8, 4) is 0 Å². The van der Waals surface area contributed by atoms with Crippen molar-refractivity contribution in [2.45, 2.75) is 19.8 Å². The van der Waals surface area contributed by atoms with Gasteiger partial charge in [-0.05, 0) is 37.5 Å². The summed E-state index contributed by atoms with van der Waals surface area (Å²) in [6.07, 6.45) is 2.56. The van der Waals surface area contributed by atoms with Crippen molar-refractivity contribution >= 4 is 28.7 Å². The Hall–Kier alpha value is 0.120. The van der Waals surface area contributed by atoms with Crippen LogP contribution < -0.4 is 0 Å². The van der Waals surface area contributed by atoms with Crippen LogP contribution in [0.3, 0.4) is 0 Å². The second-order valence-electron chi connectivity index (χ2n) is 6.58. The van der Waals surface area contributed by atoms with Gasteiger partial charge in [0, 0.05) is 68.7 Å². The number of nitrogens with one attached hydrogen (secondary N) is 1. The second-order valence-corrected chi connectivity index (χ2v) is 7.95. The average molecular weight is 376 g/mol. The van der Waals surface area contributed by atoms with Crippen molar-refractivity contribution in [1.82, 2.24) is 12.9 Å². The Bertz CT molecular complexity index is 326. The number of hydrogen-bond donors (Lipinski definition) is 1. The summed E-state index contributed by atoms with van der Waals surface area (Å²) in [4.78, 5) is 4.94. The van der Waals surface area contributed by atoms with Gasteiger partial charge in [0.2, 0.25) is 0 Å². The molecule has 2 atom stereocenters. The van der Waals surface area contributed by atoms with E-state index in [0.29, 0.717) is 0 Å². The van der Waals surface area contributed by atoms with Crippen LogP contribution in [0, 0.1) is 23.2 Å². The maximum absolute atomic E-state index is 7.69. The number of fused-ring (bicyclic) bond motifs is 1. The standard InChI is InChI=1S/C14H25IN4/c1-11(16)18-4-2-12(3-5-18)6-17-7-13-9-19(15)10-14(13)8-17/h12-14,16H,2-10H2,1H3/t13-,14+. The molecular formula is C14H25IN4. The van der Waals surface area contributed by atoms with Crippen molar-refractivity contribution < 1.29 is 0 Å². The van der Waals surface area contributed by atoms with E-state index in [1.165, 1.54) is 45.6 Å². The van der Waals surface area contributed by atoms with Gasteiger partial charge in [-0.1, -0.05) is 0 Å². The minimum atomic E-state index is 0.747. The van der Waals surface area contributed by atoms with E-state index in [1.807, 2.05) is 6.92 Å². The number of amidine groups is 1. The molecule has 4 nitrogen and oxygen atoms in total. The zero-order valence-electron chi connectivity index (χ0n) is 11.8. The zero-order chi connectivity index (χ0) is 13.4. The molecule has 0 aromatic heterocycles. The van der Waals surface area contributed by atoms with Gasteiger partial charge in [-0.2, -0.15) is 0 Å². The molecule has 0 amide bonds. The predicted octanol–water partition coefficient (Wildman–Crippen LogP) is 1.91. The molecule has 0 radical (unpaired) electrons. The molecule has 5 heteroatoms. The van der Waals surface area contributed by atoms with E-state index >= 15 is 0 Å². The first-order valence-electron chi connectivity index (χ1n) is 7.55. The van der Waals surface area contributed by atoms with E-state index in [0.717, 1.165) is 36.7 Å². The maximum Gasteiger partial charge on any atom is 0.0925 e. The number of piperidine rings is 1. The normalized spacial score (nSPS) is 33.9. The third kappa shape index (κ3) is 3.24. The lowest BCUT2D eigenvalue weighted by molar-refractivity contribution is 0.191. The minimum Gasteiger partial charge on any atom is -0.361 e. The third-order valence-corrected chi connectivity index (χ3v) is 5.91. The van der Waals surface area contributed by atoms with Gasteiger partial charge >= 0.3 is 0 Å².